The highest BCUT2D eigenvalue weighted by molar-refractivity contribution is 6.30. The van der Waals surface area contributed by atoms with E-state index in [1.165, 1.54) is 0 Å². The summed E-state index contributed by atoms with van der Waals surface area (Å²) >= 11 is 5.83. The summed E-state index contributed by atoms with van der Waals surface area (Å²) in [5, 5.41) is 5.97. The van der Waals surface area contributed by atoms with Gasteiger partial charge in [0.05, 0.1) is 6.61 Å². The van der Waals surface area contributed by atoms with Crippen molar-refractivity contribution in [1.82, 2.24) is 14.9 Å². The van der Waals surface area contributed by atoms with E-state index in [4.69, 9.17) is 16.3 Å². The Morgan fingerprint density at radius 1 is 1.24 bits per heavy atom. The highest BCUT2D eigenvalue weighted by Gasteiger charge is 2.23. The molecule has 0 aliphatic carbocycles. The minimum Gasteiger partial charge on any atom is -0.461 e. The number of rotatable bonds is 6. The van der Waals surface area contributed by atoms with Crippen molar-refractivity contribution in [2.75, 3.05) is 11.9 Å². The van der Waals surface area contributed by atoms with Crippen LogP contribution in [-0.4, -0.2) is 28.2 Å². The Kier molecular flexibility index (Phi) is 6.41. The topological polar surface area (TPSA) is 85.2 Å². The van der Waals surface area contributed by atoms with Gasteiger partial charge in [-0.05, 0) is 24.6 Å². The van der Waals surface area contributed by atoms with Crippen LogP contribution in [0.3, 0.4) is 0 Å². The van der Waals surface area contributed by atoms with E-state index in [-0.39, 0.29) is 18.1 Å². The van der Waals surface area contributed by atoms with Gasteiger partial charge in [0.15, 0.2) is 11.5 Å². The zero-order valence-corrected chi connectivity index (χ0v) is 15.2. The summed E-state index contributed by atoms with van der Waals surface area (Å²) in [5.41, 5.74) is 1.13. The number of nitrogens with one attached hydrogen (secondary N) is 2. The average molecular weight is 365 g/mol. The van der Waals surface area contributed by atoms with Gasteiger partial charge in [0.2, 0.25) is 0 Å². The van der Waals surface area contributed by atoms with Gasteiger partial charge in [-0.1, -0.05) is 30.7 Å². The lowest BCUT2D eigenvalue weighted by molar-refractivity contribution is 0.0516. The number of benzene rings is 1. The van der Waals surface area contributed by atoms with Crippen molar-refractivity contribution in [2.45, 2.75) is 26.8 Å². The molecule has 2 amide bonds. The average Bonchev–Trinajstić information content (AvgIpc) is 2.90. The van der Waals surface area contributed by atoms with Crippen molar-refractivity contribution in [3.8, 4) is 0 Å². The molecule has 1 aromatic carbocycles. The molecule has 0 aliphatic rings. The monoisotopic (exact) mass is 364 g/mol. The van der Waals surface area contributed by atoms with Crippen LogP contribution >= 0.6 is 11.6 Å². The molecule has 0 fully saturated rings. The Morgan fingerprint density at radius 3 is 2.52 bits per heavy atom. The second kappa shape index (κ2) is 8.53. The van der Waals surface area contributed by atoms with Gasteiger partial charge in [-0.3, -0.25) is 5.32 Å². The van der Waals surface area contributed by atoms with Crippen LogP contribution in [0.15, 0.2) is 24.3 Å². The van der Waals surface area contributed by atoms with Crippen molar-refractivity contribution in [3.05, 3.63) is 46.4 Å². The number of carbonyl (C=O) groups excluding carboxylic acids is 2. The summed E-state index contributed by atoms with van der Waals surface area (Å²) in [4.78, 5) is 28.6. The van der Waals surface area contributed by atoms with Crippen molar-refractivity contribution in [2.24, 2.45) is 7.05 Å². The summed E-state index contributed by atoms with van der Waals surface area (Å²) in [7, 11) is 1.72. The van der Waals surface area contributed by atoms with E-state index in [1.54, 1.807) is 30.7 Å². The molecule has 134 valence electrons. The quantitative estimate of drug-likeness (QED) is 0.771. The van der Waals surface area contributed by atoms with E-state index < -0.39 is 12.0 Å². The first-order valence-electron chi connectivity index (χ1n) is 7.98. The van der Waals surface area contributed by atoms with Crippen LogP contribution in [0.1, 0.15) is 35.7 Å². The first-order valence-corrected chi connectivity index (χ1v) is 8.36. The SMILES string of the molecule is CCOC(=O)c1c(NC(=O)NCc2ccc(Cl)cc2)nc(CC)n1C. The summed E-state index contributed by atoms with van der Waals surface area (Å²) in [6.07, 6.45) is 0.622. The smallest absolute Gasteiger partial charge is 0.358 e. The summed E-state index contributed by atoms with van der Waals surface area (Å²) < 4.78 is 6.68. The van der Waals surface area contributed by atoms with E-state index in [9.17, 15) is 9.59 Å². The van der Waals surface area contributed by atoms with Crippen molar-refractivity contribution < 1.29 is 14.3 Å². The zero-order chi connectivity index (χ0) is 18.4. The van der Waals surface area contributed by atoms with Crippen molar-refractivity contribution in [3.63, 3.8) is 0 Å². The second-order valence-corrected chi connectivity index (χ2v) is 5.73. The second-order valence-electron chi connectivity index (χ2n) is 5.29. The summed E-state index contributed by atoms with van der Waals surface area (Å²) in [6, 6.07) is 6.69. The lowest BCUT2D eigenvalue weighted by atomic mass is 10.2. The highest BCUT2D eigenvalue weighted by Crippen LogP contribution is 2.18. The van der Waals surface area contributed by atoms with Gasteiger partial charge < -0.3 is 14.6 Å². The summed E-state index contributed by atoms with van der Waals surface area (Å²) in [6.45, 7) is 4.21. The number of hydrogen-bond acceptors (Lipinski definition) is 4. The molecule has 1 aromatic heterocycles. The number of amides is 2. The Bertz CT molecular complexity index is 756. The first kappa shape index (κ1) is 18.8. The standard InChI is InChI=1S/C17H21ClN4O3/c1-4-13-20-15(14(22(13)3)16(23)25-5-2)21-17(24)19-10-11-6-8-12(18)9-7-11/h6-9H,4-5,10H2,1-3H3,(H2,19,21,24). The maximum Gasteiger partial charge on any atom is 0.358 e. The molecule has 0 atom stereocenters. The maximum absolute atomic E-state index is 12.1. The minimum absolute atomic E-state index is 0.186. The Balaban J connectivity index is 2.08. The van der Waals surface area contributed by atoms with Crippen LogP contribution in [0.5, 0.6) is 0 Å². The van der Waals surface area contributed by atoms with Crippen LogP contribution in [0, 0.1) is 0 Å². The van der Waals surface area contributed by atoms with Crippen molar-refractivity contribution in [1.29, 1.82) is 0 Å². The molecule has 2 aromatic rings. The third-order valence-electron chi connectivity index (χ3n) is 3.57. The molecule has 0 bridgehead atoms. The fourth-order valence-corrected chi connectivity index (χ4v) is 2.44. The van der Waals surface area contributed by atoms with Gasteiger partial charge in [-0.15, -0.1) is 0 Å². The normalized spacial score (nSPS) is 10.4. The zero-order valence-electron chi connectivity index (χ0n) is 14.4. The molecular formula is C17H21ClN4O3. The van der Waals surface area contributed by atoms with Crippen LogP contribution in [0.25, 0.3) is 0 Å². The molecule has 0 radical (unpaired) electrons. The Morgan fingerprint density at radius 2 is 1.92 bits per heavy atom. The number of carbonyl (C=O) groups is 2. The molecule has 1 heterocycles. The van der Waals surface area contributed by atoms with Gasteiger partial charge in [0.1, 0.15) is 5.82 Å². The van der Waals surface area contributed by atoms with Gasteiger partial charge in [0, 0.05) is 25.0 Å². The Hall–Kier alpha value is -2.54. The largest absolute Gasteiger partial charge is 0.461 e. The van der Waals surface area contributed by atoms with Crippen LogP contribution < -0.4 is 10.6 Å². The lowest BCUT2D eigenvalue weighted by Crippen LogP contribution is -2.29. The highest BCUT2D eigenvalue weighted by atomic mass is 35.5. The lowest BCUT2D eigenvalue weighted by Gasteiger charge is -2.08. The van der Waals surface area contributed by atoms with E-state index in [1.807, 2.05) is 19.1 Å². The molecule has 0 aliphatic heterocycles. The number of imidazole rings is 1. The van der Waals surface area contributed by atoms with Gasteiger partial charge in [-0.2, -0.15) is 0 Å². The molecule has 8 heteroatoms. The number of esters is 1. The fraction of sp³-hybridized carbons (Fsp3) is 0.353. The van der Waals surface area contributed by atoms with E-state index in [2.05, 4.69) is 15.6 Å². The molecular weight excluding hydrogens is 344 g/mol. The predicted octanol–water partition coefficient (Wildman–Crippen LogP) is 3.13. The number of aromatic nitrogens is 2. The molecule has 2 rings (SSSR count). The maximum atomic E-state index is 12.1. The molecule has 7 nitrogen and oxygen atoms in total. The van der Waals surface area contributed by atoms with Crippen LogP contribution in [0.4, 0.5) is 10.6 Å². The minimum atomic E-state index is -0.523. The number of urea groups is 1. The number of ether oxygens (including phenoxy) is 1. The molecule has 0 spiro atoms. The van der Waals surface area contributed by atoms with Crippen LogP contribution in [0.2, 0.25) is 5.02 Å². The predicted molar refractivity (Wildman–Crippen MR) is 95.9 cm³/mol. The number of anilines is 1. The van der Waals surface area contributed by atoms with Gasteiger partial charge >= 0.3 is 12.0 Å². The first-order chi connectivity index (χ1) is 12.0. The molecule has 25 heavy (non-hydrogen) atoms. The van der Waals surface area contributed by atoms with E-state index in [0.29, 0.717) is 23.8 Å². The molecule has 0 unspecified atom stereocenters. The number of nitrogens with zero attached hydrogens (tertiary/aromatic N) is 2. The third-order valence-corrected chi connectivity index (χ3v) is 3.82. The van der Waals surface area contributed by atoms with Gasteiger partial charge in [-0.25, -0.2) is 14.6 Å². The fourth-order valence-electron chi connectivity index (χ4n) is 2.32. The third kappa shape index (κ3) is 4.73. The molecule has 0 saturated carbocycles. The van der Waals surface area contributed by atoms with Crippen LogP contribution in [-0.2, 0) is 24.8 Å². The van der Waals surface area contributed by atoms with E-state index >= 15 is 0 Å². The molecule has 0 saturated heterocycles. The Labute approximate surface area is 151 Å². The van der Waals surface area contributed by atoms with Crippen molar-refractivity contribution >= 4 is 29.4 Å². The van der Waals surface area contributed by atoms with Gasteiger partial charge in [0.25, 0.3) is 0 Å². The number of hydrogen-bond donors (Lipinski definition) is 2. The summed E-state index contributed by atoms with van der Waals surface area (Å²) in [5.74, 6) is 0.340. The number of halogens is 1. The molecule has 2 N–H and O–H groups in total. The number of aryl methyl sites for hydroxylation is 1. The van der Waals surface area contributed by atoms with E-state index in [0.717, 1.165) is 5.56 Å².